The maximum atomic E-state index is 12.8. The second-order valence-corrected chi connectivity index (χ2v) is 8.47. The summed E-state index contributed by atoms with van der Waals surface area (Å²) < 4.78 is 82.8. The largest absolute Gasteiger partial charge is 0.457 e. The molecule has 0 fully saturated rings. The predicted molar refractivity (Wildman–Crippen MR) is 141 cm³/mol. The van der Waals surface area contributed by atoms with Gasteiger partial charge in [0, 0.05) is 22.7 Å². The quantitative estimate of drug-likeness (QED) is 0.174. The van der Waals surface area contributed by atoms with Crippen molar-refractivity contribution in [2.45, 2.75) is 12.4 Å². The first-order valence-electron chi connectivity index (χ1n) is 11.7. The van der Waals surface area contributed by atoms with E-state index in [-0.39, 0.29) is 11.4 Å². The topological polar surface area (TPSA) is 91.5 Å². The molecule has 0 aromatic heterocycles. The van der Waals surface area contributed by atoms with Crippen molar-refractivity contribution < 1.29 is 40.7 Å². The number of carbonyl (C=O) groups is 2. The van der Waals surface area contributed by atoms with Crippen LogP contribution in [0.15, 0.2) is 97.1 Å². The minimum atomic E-state index is -4.54. The van der Waals surface area contributed by atoms with Crippen molar-refractivity contribution in [2.24, 2.45) is 0 Å². The van der Waals surface area contributed by atoms with Gasteiger partial charge in [-0.2, -0.15) is 26.3 Å². The number of anilines is 4. The molecule has 212 valence electrons. The predicted octanol–water partition coefficient (Wildman–Crippen LogP) is 8.80. The van der Waals surface area contributed by atoms with Gasteiger partial charge in [0.05, 0.1) is 11.1 Å². The molecule has 0 heterocycles. The van der Waals surface area contributed by atoms with E-state index in [0.717, 1.165) is 24.3 Å². The molecule has 0 unspecified atom stereocenters. The number of alkyl halides is 6. The minimum absolute atomic E-state index is 0.0247. The fourth-order valence-corrected chi connectivity index (χ4v) is 3.48. The van der Waals surface area contributed by atoms with E-state index in [4.69, 9.17) is 4.74 Å². The Kier molecular flexibility index (Phi) is 8.36. The zero-order valence-electron chi connectivity index (χ0n) is 20.7. The first-order valence-corrected chi connectivity index (χ1v) is 11.7. The van der Waals surface area contributed by atoms with Crippen LogP contribution in [-0.4, -0.2) is 12.1 Å². The molecule has 7 nitrogen and oxygen atoms in total. The highest BCUT2D eigenvalue weighted by Gasteiger charge is 2.31. The van der Waals surface area contributed by atoms with E-state index < -0.39 is 35.5 Å². The summed E-state index contributed by atoms with van der Waals surface area (Å²) in [7, 11) is 0. The summed E-state index contributed by atoms with van der Waals surface area (Å²) in [5, 5.41) is 9.68. The molecule has 0 aliphatic rings. The van der Waals surface area contributed by atoms with Gasteiger partial charge < -0.3 is 26.0 Å². The standard InChI is InChI=1S/C28H20F6N4O3/c29-27(30,31)17-3-1-5-21(15-17)37-25(39)35-19-7-11-23(12-8-19)41-24-13-9-20(10-14-24)36-26(40)38-22-6-2-4-18(16-22)28(32,33)34/h1-16H,(H2,35,37,39)(H2,36,38,40). The zero-order valence-corrected chi connectivity index (χ0v) is 20.7. The Morgan fingerprint density at radius 2 is 0.829 bits per heavy atom. The van der Waals surface area contributed by atoms with Gasteiger partial charge in [0.1, 0.15) is 11.5 Å². The van der Waals surface area contributed by atoms with Crippen molar-refractivity contribution in [3.05, 3.63) is 108 Å². The number of halogens is 6. The Morgan fingerprint density at radius 3 is 1.17 bits per heavy atom. The van der Waals surface area contributed by atoms with Gasteiger partial charge in [0.2, 0.25) is 0 Å². The van der Waals surface area contributed by atoms with E-state index in [1.54, 1.807) is 24.3 Å². The van der Waals surface area contributed by atoms with Gasteiger partial charge in [0.15, 0.2) is 0 Å². The number of hydrogen-bond donors (Lipinski definition) is 4. The van der Waals surface area contributed by atoms with Crippen LogP contribution in [0.4, 0.5) is 58.7 Å². The highest BCUT2D eigenvalue weighted by Crippen LogP contribution is 2.32. The van der Waals surface area contributed by atoms with Crippen LogP contribution in [0.3, 0.4) is 0 Å². The van der Waals surface area contributed by atoms with Crippen LogP contribution >= 0.6 is 0 Å². The van der Waals surface area contributed by atoms with Crippen molar-refractivity contribution in [2.75, 3.05) is 21.3 Å². The molecule has 0 saturated carbocycles. The van der Waals surface area contributed by atoms with Gasteiger partial charge in [-0.15, -0.1) is 0 Å². The summed E-state index contributed by atoms with van der Waals surface area (Å²) in [5.74, 6) is 0.800. The number of nitrogens with one attached hydrogen (secondary N) is 4. The number of benzene rings is 4. The molecule has 0 atom stereocenters. The van der Waals surface area contributed by atoms with E-state index in [1.807, 2.05) is 0 Å². The third kappa shape index (κ3) is 8.39. The molecule has 4 N–H and O–H groups in total. The maximum Gasteiger partial charge on any atom is 0.416 e. The summed E-state index contributed by atoms with van der Waals surface area (Å²) in [4.78, 5) is 24.3. The van der Waals surface area contributed by atoms with Crippen molar-refractivity contribution in [1.29, 1.82) is 0 Å². The Bertz CT molecular complexity index is 1410. The molecule has 41 heavy (non-hydrogen) atoms. The van der Waals surface area contributed by atoms with Gasteiger partial charge in [0.25, 0.3) is 0 Å². The molecular formula is C28H20F6N4O3. The minimum Gasteiger partial charge on any atom is -0.457 e. The van der Waals surface area contributed by atoms with E-state index >= 15 is 0 Å². The third-order valence-corrected chi connectivity index (χ3v) is 5.36. The average Bonchev–Trinajstić information content (AvgIpc) is 2.90. The molecule has 0 bridgehead atoms. The fourth-order valence-electron chi connectivity index (χ4n) is 3.48. The molecule has 13 heteroatoms. The lowest BCUT2D eigenvalue weighted by molar-refractivity contribution is -0.138. The van der Waals surface area contributed by atoms with Gasteiger partial charge in [-0.3, -0.25) is 0 Å². The highest BCUT2D eigenvalue weighted by molar-refractivity contribution is 6.00. The molecule has 4 rings (SSSR count). The second-order valence-electron chi connectivity index (χ2n) is 8.47. The van der Waals surface area contributed by atoms with Gasteiger partial charge in [-0.1, -0.05) is 12.1 Å². The first-order chi connectivity index (χ1) is 19.3. The SMILES string of the molecule is O=C(Nc1ccc(Oc2ccc(NC(=O)Nc3cccc(C(F)(F)F)c3)cc2)cc1)Nc1cccc(C(F)(F)F)c1. The summed E-state index contributed by atoms with van der Waals surface area (Å²) >= 11 is 0. The van der Waals surface area contributed by atoms with Crippen LogP contribution in [0.5, 0.6) is 11.5 Å². The number of amides is 4. The van der Waals surface area contributed by atoms with Crippen LogP contribution in [0, 0.1) is 0 Å². The van der Waals surface area contributed by atoms with Crippen molar-refractivity contribution >= 4 is 34.8 Å². The summed E-state index contributed by atoms with van der Waals surface area (Å²) in [6, 6.07) is 19.3. The molecule has 4 aromatic carbocycles. The Hall–Kier alpha value is -5.20. The average molecular weight is 574 g/mol. The van der Waals surface area contributed by atoms with Crippen molar-refractivity contribution in [3.8, 4) is 11.5 Å². The number of hydrogen-bond acceptors (Lipinski definition) is 3. The van der Waals surface area contributed by atoms with E-state index in [1.165, 1.54) is 48.5 Å². The summed E-state index contributed by atoms with van der Waals surface area (Å²) in [6.07, 6.45) is -9.07. The molecule has 0 spiro atoms. The van der Waals surface area contributed by atoms with Crippen LogP contribution in [0.25, 0.3) is 0 Å². The second kappa shape index (κ2) is 11.9. The first kappa shape index (κ1) is 28.8. The maximum absolute atomic E-state index is 12.8. The highest BCUT2D eigenvalue weighted by atomic mass is 19.4. The fraction of sp³-hybridized carbons (Fsp3) is 0.0714. The lowest BCUT2D eigenvalue weighted by atomic mass is 10.2. The Morgan fingerprint density at radius 1 is 0.488 bits per heavy atom. The summed E-state index contributed by atoms with van der Waals surface area (Å²) in [6.45, 7) is 0. The lowest BCUT2D eigenvalue weighted by Gasteiger charge is -2.12. The molecule has 0 saturated heterocycles. The van der Waals surface area contributed by atoms with Gasteiger partial charge in [-0.05, 0) is 84.9 Å². The zero-order chi connectivity index (χ0) is 29.6. The van der Waals surface area contributed by atoms with Crippen molar-refractivity contribution in [3.63, 3.8) is 0 Å². The molecule has 0 aliphatic carbocycles. The number of urea groups is 2. The van der Waals surface area contributed by atoms with Crippen LogP contribution in [-0.2, 0) is 12.4 Å². The summed E-state index contributed by atoms with van der Waals surface area (Å²) in [5.41, 5.74) is -1.12. The number of rotatable bonds is 6. The van der Waals surface area contributed by atoms with E-state index in [2.05, 4.69) is 21.3 Å². The van der Waals surface area contributed by atoms with Crippen molar-refractivity contribution in [1.82, 2.24) is 0 Å². The van der Waals surface area contributed by atoms with E-state index in [9.17, 15) is 35.9 Å². The molecular weight excluding hydrogens is 554 g/mol. The molecule has 0 aliphatic heterocycles. The smallest absolute Gasteiger partial charge is 0.416 e. The molecule has 4 aromatic rings. The molecule has 4 amide bonds. The number of carbonyl (C=O) groups excluding carboxylic acids is 2. The Balaban J connectivity index is 1.28. The van der Waals surface area contributed by atoms with Crippen LogP contribution < -0.4 is 26.0 Å². The lowest BCUT2D eigenvalue weighted by Crippen LogP contribution is -2.19. The monoisotopic (exact) mass is 574 g/mol. The Labute approximate surface area is 229 Å². The van der Waals surface area contributed by atoms with Crippen LogP contribution in [0.2, 0.25) is 0 Å². The normalized spacial score (nSPS) is 11.4. The van der Waals surface area contributed by atoms with Gasteiger partial charge >= 0.3 is 24.4 Å². The third-order valence-electron chi connectivity index (χ3n) is 5.36. The van der Waals surface area contributed by atoms with E-state index in [0.29, 0.717) is 22.9 Å². The van der Waals surface area contributed by atoms with Crippen LogP contribution in [0.1, 0.15) is 11.1 Å². The molecule has 0 radical (unpaired) electrons. The van der Waals surface area contributed by atoms with Gasteiger partial charge in [-0.25, -0.2) is 9.59 Å². The number of ether oxygens (including phenoxy) is 1.